The van der Waals surface area contributed by atoms with Crippen molar-refractivity contribution in [3.05, 3.63) is 23.8 Å². The first-order chi connectivity index (χ1) is 7.09. The molecule has 0 unspecified atom stereocenters. The Kier molecular flexibility index (Phi) is 3.22. The van der Waals surface area contributed by atoms with E-state index in [0.29, 0.717) is 0 Å². The molecule has 2 nitrogen and oxygen atoms in total. The molecule has 16 heavy (non-hydrogen) atoms. The number of aromatic hydroxyl groups is 1. The summed E-state index contributed by atoms with van der Waals surface area (Å²) in [5.74, 6) is 1.13. The number of hydrogen-bond donors (Lipinski definition) is 1. The van der Waals surface area contributed by atoms with E-state index in [2.05, 4.69) is 20.8 Å². The third-order valence-corrected chi connectivity index (χ3v) is 2.19. The SMILES string of the molecule is CC(C)(C)Oc1ccc(O)cc1C(C)(C)C. The highest BCUT2D eigenvalue weighted by Crippen LogP contribution is 2.35. The Morgan fingerprint density at radius 3 is 2.00 bits per heavy atom. The van der Waals surface area contributed by atoms with Gasteiger partial charge in [0.15, 0.2) is 0 Å². The monoisotopic (exact) mass is 222 g/mol. The second-order valence-corrected chi connectivity index (χ2v) is 6.14. The van der Waals surface area contributed by atoms with E-state index < -0.39 is 0 Å². The van der Waals surface area contributed by atoms with Crippen LogP contribution in [0.4, 0.5) is 0 Å². The van der Waals surface area contributed by atoms with E-state index in [0.717, 1.165) is 11.3 Å². The molecule has 0 amide bonds. The summed E-state index contributed by atoms with van der Waals surface area (Å²) in [6, 6.07) is 5.28. The zero-order valence-corrected chi connectivity index (χ0v) is 11.1. The summed E-state index contributed by atoms with van der Waals surface area (Å²) < 4.78 is 5.90. The first kappa shape index (κ1) is 12.9. The molecule has 0 heterocycles. The van der Waals surface area contributed by atoms with Gasteiger partial charge in [-0.15, -0.1) is 0 Å². The highest BCUT2D eigenvalue weighted by Gasteiger charge is 2.22. The molecule has 0 aliphatic rings. The zero-order chi connectivity index (χ0) is 12.6. The second kappa shape index (κ2) is 4.00. The standard InChI is InChI=1S/C14H22O2/c1-13(2,3)11-9-10(15)7-8-12(11)16-14(4,5)6/h7-9,15H,1-6H3. The van der Waals surface area contributed by atoms with Crippen LogP contribution in [0.15, 0.2) is 18.2 Å². The van der Waals surface area contributed by atoms with Gasteiger partial charge in [0.2, 0.25) is 0 Å². The van der Waals surface area contributed by atoms with Crippen molar-refractivity contribution in [2.24, 2.45) is 0 Å². The topological polar surface area (TPSA) is 29.5 Å². The van der Waals surface area contributed by atoms with Crippen LogP contribution in [0.2, 0.25) is 0 Å². The predicted molar refractivity (Wildman–Crippen MR) is 67.2 cm³/mol. The molecule has 1 aromatic rings. The number of ether oxygens (including phenoxy) is 1. The Morgan fingerprint density at radius 2 is 1.56 bits per heavy atom. The maximum Gasteiger partial charge on any atom is 0.124 e. The van der Waals surface area contributed by atoms with E-state index in [1.807, 2.05) is 26.8 Å². The highest BCUT2D eigenvalue weighted by molar-refractivity contribution is 5.43. The third-order valence-electron chi connectivity index (χ3n) is 2.19. The summed E-state index contributed by atoms with van der Waals surface area (Å²) in [5.41, 5.74) is 0.762. The van der Waals surface area contributed by atoms with Gasteiger partial charge in [-0.25, -0.2) is 0 Å². The van der Waals surface area contributed by atoms with Crippen LogP contribution in [0.3, 0.4) is 0 Å². The first-order valence-corrected chi connectivity index (χ1v) is 5.62. The Balaban J connectivity index is 3.19. The number of hydrogen-bond acceptors (Lipinski definition) is 2. The Morgan fingerprint density at radius 1 is 1.00 bits per heavy atom. The van der Waals surface area contributed by atoms with E-state index in [-0.39, 0.29) is 16.8 Å². The Labute approximate surface area is 98.3 Å². The quantitative estimate of drug-likeness (QED) is 0.781. The van der Waals surface area contributed by atoms with Gasteiger partial charge in [0, 0.05) is 5.56 Å². The fourth-order valence-corrected chi connectivity index (χ4v) is 1.52. The van der Waals surface area contributed by atoms with Gasteiger partial charge < -0.3 is 9.84 Å². The molecule has 0 aliphatic carbocycles. The fourth-order valence-electron chi connectivity index (χ4n) is 1.52. The van der Waals surface area contributed by atoms with Crippen LogP contribution in [0.1, 0.15) is 47.1 Å². The van der Waals surface area contributed by atoms with Crippen LogP contribution < -0.4 is 4.74 Å². The van der Waals surface area contributed by atoms with Crippen molar-refractivity contribution in [3.8, 4) is 11.5 Å². The molecule has 2 heteroatoms. The minimum Gasteiger partial charge on any atom is -0.508 e. The average molecular weight is 222 g/mol. The van der Waals surface area contributed by atoms with Crippen LogP contribution in [0, 0.1) is 0 Å². The molecule has 0 aromatic heterocycles. The smallest absolute Gasteiger partial charge is 0.124 e. The van der Waals surface area contributed by atoms with Crippen molar-refractivity contribution in [2.45, 2.75) is 52.6 Å². The van der Waals surface area contributed by atoms with Gasteiger partial charge >= 0.3 is 0 Å². The van der Waals surface area contributed by atoms with Crippen LogP contribution >= 0.6 is 0 Å². The predicted octanol–water partition coefficient (Wildman–Crippen LogP) is 3.87. The lowest BCUT2D eigenvalue weighted by Gasteiger charge is -2.28. The zero-order valence-electron chi connectivity index (χ0n) is 11.1. The molecule has 0 aliphatic heterocycles. The molecule has 0 atom stereocenters. The van der Waals surface area contributed by atoms with Crippen LogP contribution in [-0.2, 0) is 5.41 Å². The highest BCUT2D eigenvalue weighted by atomic mass is 16.5. The Hall–Kier alpha value is -1.18. The lowest BCUT2D eigenvalue weighted by molar-refractivity contribution is 0.127. The molecular formula is C14H22O2. The van der Waals surface area contributed by atoms with E-state index in [1.165, 1.54) is 0 Å². The van der Waals surface area contributed by atoms with Gasteiger partial charge in [0.1, 0.15) is 17.1 Å². The second-order valence-electron chi connectivity index (χ2n) is 6.14. The van der Waals surface area contributed by atoms with Crippen molar-refractivity contribution in [3.63, 3.8) is 0 Å². The van der Waals surface area contributed by atoms with E-state index in [9.17, 15) is 5.11 Å². The molecule has 0 fully saturated rings. The maximum absolute atomic E-state index is 9.54. The molecule has 1 N–H and O–H groups in total. The summed E-state index contributed by atoms with van der Waals surface area (Å²) in [7, 11) is 0. The number of rotatable bonds is 1. The maximum atomic E-state index is 9.54. The minimum atomic E-state index is -0.225. The van der Waals surface area contributed by atoms with Gasteiger partial charge in [-0.2, -0.15) is 0 Å². The molecule has 90 valence electrons. The summed E-state index contributed by atoms with van der Waals surface area (Å²) in [4.78, 5) is 0. The van der Waals surface area contributed by atoms with Crippen molar-refractivity contribution < 1.29 is 9.84 Å². The first-order valence-electron chi connectivity index (χ1n) is 5.62. The van der Waals surface area contributed by atoms with E-state index >= 15 is 0 Å². The van der Waals surface area contributed by atoms with Gasteiger partial charge in [-0.05, 0) is 44.4 Å². The van der Waals surface area contributed by atoms with E-state index in [1.54, 1.807) is 12.1 Å². The molecule has 1 aromatic carbocycles. The Bertz CT molecular complexity index is 367. The molecule has 0 saturated carbocycles. The minimum absolute atomic E-state index is 0.0423. The average Bonchev–Trinajstić information content (AvgIpc) is 2.04. The van der Waals surface area contributed by atoms with Crippen molar-refractivity contribution in [1.29, 1.82) is 0 Å². The molecule has 1 rings (SSSR count). The summed E-state index contributed by atoms with van der Waals surface area (Å²) >= 11 is 0. The molecule has 0 saturated heterocycles. The molecule has 0 radical (unpaired) electrons. The van der Waals surface area contributed by atoms with Crippen LogP contribution in [0.5, 0.6) is 11.5 Å². The fraction of sp³-hybridized carbons (Fsp3) is 0.571. The summed E-state index contributed by atoms with van der Waals surface area (Å²) in [6.45, 7) is 12.4. The van der Waals surface area contributed by atoms with Gasteiger partial charge in [-0.3, -0.25) is 0 Å². The number of phenolic OH excluding ortho intramolecular Hbond substituents is 1. The van der Waals surface area contributed by atoms with Gasteiger partial charge in [-0.1, -0.05) is 20.8 Å². The van der Waals surface area contributed by atoms with Crippen LogP contribution in [-0.4, -0.2) is 10.7 Å². The lowest BCUT2D eigenvalue weighted by atomic mass is 9.86. The van der Waals surface area contributed by atoms with Gasteiger partial charge in [0.25, 0.3) is 0 Å². The summed E-state index contributed by atoms with van der Waals surface area (Å²) in [6.07, 6.45) is 0. The number of phenols is 1. The van der Waals surface area contributed by atoms with Gasteiger partial charge in [0.05, 0.1) is 0 Å². The van der Waals surface area contributed by atoms with Crippen molar-refractivity contribution in [2.75, 3.05) is 0 Å². The summed E-state index contributed by atoms with van der Waals surface area (Å²) in [5, 5.41) is 9.54. The van der Waals surface area contributed by atoms with E-state index in [4.69, 9.17) is 4.74 Å². The molecular weight excluding hydrogens is 200 g/mol. The normalized spacial score (nSPS) is 12.6. The van der Waals surface area contributed by atoms with Crippen molar-refractivity contribution in [1.82, 2.24) is 0 Å². The third kappa shape index (κ3) is 3.44. The number of benzene rings is 1. The molecule has 0 spiro atoms. The molecule has 0 bridgehead atoms. The van der Waals surface area contributed by atoms with Crippen molar-refractivity contribution >= 4 is 0 Å². The lowest BCUT2D eigenvalue weighted by Crippen LogP contribution is -2.25. The largest absolute Gasteiger partial charge is 0.508 e. The van der Waals surface area contributed by atoms with Crippen LogP contribution in [0.25, 0.3) is 0 Å².